The highest BCUT2D eigenvalue weighted by Gasteiger charge is 2.05. The summed E-state index contributed by atoms with van der Waals surface area (Å²) in [5.41, 5.74) is 7.92. The van der Waals surface area contributed by atoms with Crippen molar-refractivity contribution in [3.8, 4) is 47.4 Å². The predicted octanol–water partition coefficient (Wildman–Crippen LogP) is 8.94. The summed E-state index contributed by atoms with van der Waals surface area (Å²) in [6.07, 6.45) is 8.83. The highest BCUT2D eigenvalue weighted by atomic mass is 32.1. The van der Waals surface area contributed by atoms with Gasteiger partial charge in [0.25, 0.3) is 0 Å². The summed E-state index contributed by atoms with van der Waals surface area (Å²) in [6.45, 7) is 0. The summed E-state index contributed by atoms with van der Waals surface area (Å²) in [4.78, 5) is 0. The Morgan fingerprint density at radius 1 is 0.250 bits per heavy atom. The van der Waals surface area contributed by atoms with Crippen LogP contribution < -0.4 is 18.1 Å². The lowest BCUT2D eigenvalue weighted by Gasteiger charge is -1.87. The van der Waals surface area contributed by atoms with E-state index in [4.69, 9.17) is 0 Å². The van der Waals surface area contributed by atoms with Crippen LogP contribution >= 0.6 is 45.3 Å². The smallest absolute Gasteiger partial charge is 0.0462 e. The van der Waals surface area contributed by atoms with E-state index in [1.807, 2.05) is 121 Å². The minimum absolute atomic E-state index is 0.986. The largest absolute Gasteiger partial charge is 0.134 e. The van der Waals surface area contributed by atoms with E-state index < -0.39 is 0 Å². The Bertz CT molecular complexity index is 2990. The normalized spacial score (nSPS) is 14.6. The molecule has 0 saturated carbocycles. The maximum Gasteiger partial charge on any atom is 0.0462 e. The lowest BCUT2D eigenvalue weighted by Crippen LogP contribution is -2.00. The van der Waals surface area contributed by atoms with Crippen LogP contribution in [0, 0.1) is 65.5 Å². The predicted molar refractivity (Wildman–Crippen MR) is 239 cm³/mol. The molecule has 1 aliphatic heterocycles. The SMILES string of the molecule is C(#Cc1c/c2s/c1=C\C=c1/s/c(cc1C#Cc1ccccc1)=c1/cc(C#Cc3ccccc3)/c(s1)=C/C=c1\s\c=2cc1C#Cc1ccccc1)c1ccccc1. The molecule has 1 aliphatic rings. The van der Waals surface area contributed by atoms with Crippen LogP contribution in [0.15, 0.2) is 146 Å². The molecule has 56 heavy (non-hydrogen) atoms. The van der Waals surface area contributed by atoms with Crippen LogP contribution in [0.4, 0.5) is 0 Å². The molecule has 0 nitrogen and oxygen atoms in total. The van der Waals surface area contributed by atoms with Crippen molar-refractivity contribution in [2.75, 3.05) is 0 Å². The molecule has 0 radical (unpaired) electrons. The van der Waals surface area contributed by atoms with Crippen LogP contribution in [-0.4, -0.2) is 0 Å². The summed E-state index contributed by atoms with van der Waals surface area (Å²) in [5.74, 6) is 27.6. The molecule has 8 bridgehead atoms. The molecule has 0 N–H and O–H groups in total. The zero-order valence-electron chi connectivity index (χ0n) is 29.8. The third-order valence-corrected chi connectivity index (χ3v) is 13.6. The van der Waals surface area contributed by atoms with Gasteiger partial charge in [0.05, 0.1) is 0 Å². The van der Waals surface area contributed by atoms with Crippen LogP contribution in [-0.2, 0) is 0 Å². The monoisotopic (exact) mass is 780 g/mol. The molecule has 0 fully saturated rings. The molecule has 260 valence electrons. The molecular formula is C52H28S4. The minimum atomic E-state index is 0.986. The third kappa shape index (κ3) is 8.22. The molecule has 4 aromatic carbocycles. The Kier molecular flexibility index (Phi) is 10.3. The first-order valence-corrected chi connectivity index (χ1v) is 21.2. The topological polar surface area (TPSA) is 0 Å². The number of rotatable bonds is 0. The van der Waals surface area contributed by atoms with Gasteiger partial charge in [0.2, 0.25) is 0 Å². The van der Waals surface area contributed by atoms with E-state index in [0.717, 1.165) is 80.8 Å². The van der Waals surface area contributed by atoms with Gasteiger partial charge >= 0.3 is 0 Å². The van der Waals surface area contributed by atoms with Gasteiger partial charge in [0, 0.05) is 80.8 Å². The van der Waals surface area contributed by atoms with Gasteiger partial charge in [-0.1, -0.05) is 120 Å². The van der Waals surface area contributed by atoms with Crippen molar-refractivity contribution < 1.29 is 0 Å². The molecule has 0 atom stereocenters. The Balaban J connectivity index is 1.34. The average molecular weight is 781 g/mol. The van der Waals surface area contributed by atoms with Crippen molar-refractivity contribution in [2.45, 2.75) is 0 Å². The van der Waals surface area contributed by atoms with Crippen molar-refractivity contribution in [2.24, 2.45) is 0 Å². The van der Waals surface area contributed by atoms with Crippen LogP contribution in [0.5, 0.6) is 0 Å². The zero-order valence-corrected chi connectivity index (χ0v) is 33.1. The number of hydrogen-bond donors (Lipinski definition) is 0. The minimum Gasteiger partial charge on any atom is -0.134 e. The molecule has 0 saturated heterocycles. The van der Waals surface area contributed by atoms with Gasteiger partial charge in [-0.15, -0.1) is 45.3 Å². The van der Waals surface area contributed by atoms with E-state index in [1.54, 1.807) is 45.3 Å². The molecule has 0 amide bonds. The fraction of sp³-hybridized carbons (Fsp3) is 0. The van der Waals surface area contributed by atoms with Crippen LogP contribution in [0.1, 0.15) is 44.5 Å². The molecule has 9 rings (SSSR count). The summed E-state index contributed by atoms with van der Waals surface area (Å²) in [6, 6.07) is 49.6. The molecule has 8 aromatic rings. The van der Waals surface area contributed by atoms with Crippen molar-refractivity contribution in [3.63, 3.8) is 0 Å². The first-order valence-electron chi connectivity index (χ1n) is 17.9. The molecule has 0 spiro atoms. The highest BCUT2D eigenvalue weighted by Crippen LogP contribution is 2.14. The van der Waals surface area contributed by atoms with E-state index in [2.05, 4.69) is 95.9 Å². The zero-order chi connectivity index (χ0) is 37.5. The van der Waals surface area contributed by atoms with E-state index in [9.17, 15) is 0 Å². The fourth-order valence-electron chi connectivity index (χ4n) is 5.94. The molecule has 4 heteroatoms. The summed E-state index contributed by atoms with van der Waals surface area (Å²) in [5, 5.41) is 0. The van der Waals surface area contributed by atoms with E-state index in [-0.39, 0.29) is 0 Å². The van der Waals surface area contributed by atoms with Crippen LogP contribution in [0.2, 0.25) is 0 Å². The van der Waals surface area contributed by atoms with E-state index >= 15 is 0 Å². The van der Waals surface area contributed by atoms with Gasteiger partial charge in [-0.2, -0.15) is 0 Å². The molecule has 0 unspecified atom stereocenters. The summed E-state index contributed by atoms with van der Waals surface area (Å²) < 4.78 is 9.04. The van der Waals surface area contributed by atoms with Gasteiger partial charge in [-0.05, 0) is 97.1 Å². The van der Waals surface area contributed by atoms with E-state index in [0.29, 0.717) is 0 Å². The number of hydrogen-bond acceptors (Lipinski definition) is 4. The maximum absolute atomic E-state index is 3.50. The van der Waals surface area contributed by atoms with Crippen molar-refractivity contribution >= 4 is 69.7 Å². The van der Waals surface area contributed by atoms with Crippen LogP contribution in [0.25, 0.3) is 24.3 Å². The second kappa shape index (κ2) is 16.4. The van der Waals surface area contributed by atoms with Gasteiger partial charge in [-0.3, -0.25) is 0 Å². The first-order chi connectivity index (χ1) is 27.7. The van der Waals surface area contributed by atoms with Gasteiger partial charge in [-0.25, -0.2) is 0 Å². The van der Waals surface area contributed by atoms with Crippen LogP contribution in [0.3, 0.4) is 0 Å². The number of benzene rings is 4. The number of thiophene rings is 4. The molecular weight excluding hydrogens is 753 g/mol. The lowest BCUT2D eigenvalue weighted by molar-refractivity contribution is 1.63. The average Bonchev–Trinajstić information content (AvgIpc) is 4.05. The lowest BCUT2D eigenvalue weighted by atomic mass is 10.2. The second-order valence-corrected chi connectivity index (χ2v) is 17.0. The Hall–Kier alpha value is -6.60. The van der Waals surface area contributed by atoms with Gasteiger partial charge in [0.15, 0.2) is 0 Å². The Morgan fingerprint density at radius 3 is 0.679 bits per heavy atom. The van der Waals surface area contributed by atoms with E-state index in [1.165, 1.54) is 0 Å². The fourth-order valence-corrected chi connectivity index (χ4v) is 10.2. The van der Waals surface area contributed by atoms with Crippen molar-refractivity contribution in [1.82, 2.24) is 0 Å². The summed E-state index contributed by atoms with van der Waals surface area (Å²) >= 11 is 7.03. The maximum atomic E-state index is 3.50. The standard InChI is InChI=1S/C52H28S4/c1-5-13-37(14-6-1)21-25-41-33-49-50-34-42(26-22-38-15-7-2-8-16-38)47(54-50)31-32-48-44(28-24-40-19-11-4-12-20-40)36-52(56-48)51-35-43(27-23-39-17-9-3-10-18-39)46(55-51)30-29-45(41)53-49/h1-20,29-36H/b30-29?,32-31?,45-29-,46-30-,47-31-,48-32-,50-49-,52-51-. The van der Waals surface area contributed by atoms with Crippen molar-refractivity contribution in [1.29, 1.82) is 0 Å². The highest BCUT2D eigenvalue weighted by molar-refractivity contribution is 7.12. The van der Waals surface area contributed by atoms with Crippen molar-refractivity contribution in [3.05, 3.63) is 226 Å². The number of fused-ring (bicyclic) bond motifs is 8. The van der Waals surface area contributed by atoms with Gasteiger partial charge in [0.1, 0.15) is 0 Å². The second-order valence-electron chi connectivity index (χ2n) is 12.7. The molecule has 5 heterocycles. The summed E-state index contributed by atoms with van der Waals surface area (Å²) in [7, 11) is 0. The van der Waals surface area contributed by atoms with Gasteiger partial charge < -0.3 is 0 Å². The quantitative estimate of drug-likeness (QED) is 0.135. The molecule has 0 aliphatic carbocycles. The Morgan fingerprint density at radius 2 is 0.464 bits per heavy atom. The first kappa shape index (κ1) is 35.1. The third-order valence-electron chi connectivity index (χ3n) is 8.76. The Labute approximate surface area is 341 Å². The molecule has 4 aromatic heterocycles.